The molecule has 0 unspecified atom stereocenters. The summed E-state index contributed by atoms with van der Waals surface area (Å²) in [7, 11) is 0. The number of rotatable bonds is 5. The van der Waals surface area contributed by atoms with Crippen LogP contribution in [0.3, 0.4) is 0 Å². The van der Waals surface area contributed by atoms with E-state index in [4.69, 9.17) is 0 Å². The van der Waals surface area contributed by atoms with Crippen molar-refractivity contribution in [2.24, 2.45) is 0 Å². The Labute approximate surface area is 178 Å². The highest BCUT2D eigenvalue weighted by atomic mass is 32.1. The average molecular weight is 419 g/mol. The molecule has 1 aliphatic carbocycles. The maximum absolute atomic E-state index is 12.3. The average Bonchev–Trinajstić information content (AvgIpc) is 3.33. The van der Waals surface area contributed by atoms with E-state index in [1.54, 1.807) is 17.7 Å². The van der Waals surface area contributed by atoms with Gasteiger partial charge >= 0.3 is 0 Å². The zero-order chi connectivity index (χ0) is 20.9. The van der Waals surface area contributed by atoms with Crippen molar-refractivity contribution < 1.29 is 4.79 Å². The molecular weight excluding hydrogens is 396 g/mol. The molecule has 0 saturated heterocycles. The number of amides is 1. The van der Waals surface area contributed by atoms with Gasteiger partial charge in [0.25, 0.3) is 5.91 Å². The quantitative estimate of drug-likeness (QED) is 0.506. The van der Waals surface area contributed by atoms with Gasteiger partial charge in [-0.25, -0.2) is 9.97 Å². The predicted octanol–water partition coefficient (Wildman–Crippen LogP) is 4.15. The largest absolute Gasteiger partial charge is 0.365 e. The standard InChI is InChI=1S/C22H22N6OS/c1-12-13(2)27-28-21-16(12)17-18(30-21)19(25-11-24-17)23-10-14-4-6-15(7-5-14)20(29)26-22(3)8-9-22/h4-7,11H,8-10H2,1-3H3,(H,26,29)(H,23,24,25). The van der Waals surface area contributed by atoms with Gasteiger partial charge in [0.1, 0.15) is 17.0 Å². The highest BCUT2D eigenvalue weighted by molar-refractivity contribution is 7.25. The van der Waals surface area contributed by atoms with Gasteiger partial charge in [-0.2, -0.15) is 5.10 Å². The summed E-state index contributed by atoms with van der Waals surface area (Å²) in [6, 6.07) is 7.68. The summed E-state index contributed by atoms with van der Waals surface area (Å²) in [5.41, 5.74) is 4.67. The Morgan fingerprint density at radius 2 is 1.90 bits per heavy atom. The van der Waals surface area contributed by atoms with Gasteiger partial charge in [0.15, 0.2) is 0 Å². The second-order valence-electron chi connectivity index (χ2n) is 8.16. The van der Waals surface area contributed by atoms with Gasteiger partial charge in [-0.1, -0.05) is 12.1 Å². The van der Waals surface area contributed by atoms with Crippen LogP contribution in [0.25, 0.3) is 20.4 Å². The number of aryl methyl sites for hydroxylation is 2. The Balaban J connectivity index is 1.36. The molecule has 1 fully saturated rings. The van der Waals surface area contributed by atoms with E-state index in [0.29, 0.717) is 12.1 Å². The second kappa shape index (κ2) is 6.98. The van der Waals surface area contributed by atoms with Crippen molar-refractivity contribution in [3.05, 3.63) is 53.0 Å². The summed E-state index contributed by atoms with van der Waals surface area (Å²) in [6.45, 7) is 6.69. The maximum Gasteiger partial charge on any atom is 0.251 e. The first-order chi connectivity index (χ1) is 14.4. The van der Waals surface area contributed by atoms with Crippen molar-refractivity contribution in [2.75, 3.05) is 5.32 Å². The number of thiophene rings is 1. The summed E-state index contributed by atoms with van der Waals surface area (Å²) < 4.78 is 0.976. The van der Waals surface area contributed by atoms with E-state index in [2.05, 4.69) is 44.6 Å². The van der Waals surface area contributed by atoms with E-state index in [1.807, 2.05) is 31.2 Å². The minimum absolute atomic E-state index is 0.0101. The van der Waals surface area contributed by atoms with E-state index in [9.17, 15) is 4.79 Å². The van der Waals surface area contributed by atoms with Crippen LogP contribution < -0.4 is 10.6 Å². The van der Waals surface area contributed by atoms with Gasteiger partial charge in [0, 0.05) is 23.0 Å². The lowest BCUT2D eigenvalue weighted by Gasteiger charge is -2.12. The molecule has 30 heavy (non-hydrogen) atoms. The fraction of sp³-hybridized carbons (Fsp3) is 0.318. The Morgan fingerprint density at radius 1 is 1.13 bits per heavy atom. The van der Waals surface area contributed by atoms with Gasteiger partial charge < -0.3 is 10.6 Å². The van der Waals surface area contributed by atoms with Crippen molar-refractivity contribution in [1.82, 2.24) is 25.5 Å². The SMILES string of the molecule is Cc1nnc2sc3c(NCc4ccc(C(=O)NC5(C)CC5)cc4)ncnc3c2c1C. The molecule has 1 amide bonds. The molecule has 0 bridgehead atoms. The summed E-state index contributed by atoms with van der Waals surface area (Å²) >= 11 is 1.55. The first kappa shape index (κ1) is 18.9. The van der Waals surface area contributed by atoms with Crippen molar-refractivity contribution in [3.8, 4) is 0 Å². The molecule has 152 valence electrons. The molecule has 0 spiro atoms. The fourth-order valence-electron chi connectivity index (χ4n) is 3.43. The second-order valence-corrected chi connectivity index (χ2v) is 9.16. The van der Waals surface area contributed by atoms with Crippen LogP contribution in [0.4, 0.5) is 5.82 Å². The van der Waals surface area contributed by atoms with E-state index >= 15 is 0 Å². The van der Waals surface area contributed by atoms with Crippen LogP contribution in [0.15, 0.2) is 30.6 Å². The van der Waals surface area contributed by atoms with Crippen molar-refractivity contribution >= 4 is 43.5 Å². The third kappa shape index (κ3) is 3.37. The highest BCUT2D eigenvalue weighted by Crippen LogP contribution is 2.37. The maximum atomic E-state index is 12.3. The van der Waals surface area contributed by atoms with Crippen LogP contribution in [0, 0.1) is 13.8 Å². The number of aromatic nitrogens is 4. The minimum Gasteiger partial charge on any atom is -0.365 e. The number of nitrogens with zero attached hydrogens (tertiary/aromatic N) is 4. The van der Waals surface area contributed by atoms with Crippen LogP contribution in [-0.2, 0) is 6.54 Å². The Kier molecular flexibility index (Phi) is 4.39. The molecule has 3 aromatic heterocycles. The first-order valence-electron chi connectivity index (χ1n) is 9.96. The Morgan fingerprint density at radius 3 is 2.63 bits per heavy atom. The molecule has 3 heterocycles. The fourth-order valence-corrected chi connectivity index (χ4v) is 4.53. The molecule has 1 saturated carbocycles. The number of benzene rings is 1. The van der Waals surface area contributed by atoms with Crippen molar-refractivity contribution in [2.45, 2.75) is 45.7 Å². The van der Waals surface area contributed by atoms with Crippen LogP contribution in [-0.4, -0.2) is 31.6 Å². The van der Waals surface area contributed by atoms with Gasteiger partial charge in [0.05, 0.1) is 15.9 Å². The molecule has 0 atom stereocenters. The summed E-state index contributed by atoms with van der Waals surface area (Å²) in [6.07, 6.45) is 3.69. The topological polar surface area (TPSA) is 92.7 Å². The van der Waals surface area contributed by atoms with Crippen molar-refractivity contribution in [3.63, 3.8) is 0 Å². The third-order valence-corrected chi connectivity index (χ3v) is 6.82. The lowest BCUT2D eigenvalue weighted by molar-refractivity contribution is 0.0935. The highest BCUT2D eigenvalue weighted by Gasteiger charge is 2.38. The van der Waals surface area contributed by atoms with Gasteiger partial charge in [-0.15, -0.1) is 16.4 Å². The number of carbonyl (C=O) groups is 1. The van der Waals surface area contributed by atoms with E-state index in [1.165, 1.54) is 0 Å². The first-order valence-corrected chi connectivity index (χ1v) is 10.8. The number of hydrogen-bond donors (Lipinski definition) is 2. The molecular formula is C22H22N6OS. The number of carbonyl (C=O) groups excluding carboxylic acids is 1. The van der Waals surface area contributed by atoms with Crippen LogP contribution in [0.1, 0.15) is 46.9 Å². The summed E-state index contributed by atoms with van der Waals surface area (Å²) in [5, 5.41) is 16.1. The molecule has 1 aliphatic rings. The number of fused-ring (bicyclic) bond motifs is 3. The number of nitrogens with one attached hydrogen (secondary N) is 2. The smallest absolute Gasteiger partial charge is 0.251 e. The number of anilines is 1. The molecule has 7 nitrogen and oxygen atoms in total. The molecule has 2 N–H and O–H groups in total. The van der Waals surface area contributed by atoms with Gasteiger partial charge in [-0.3, -0.25) is 4.79 Å². The van der Waals surface area contributed by atoms with Crippen LogP contribution >= 0.6 is 11.3 Å². The normalized spacial score (nSPS) is 14.8. The van der Waals surface area contributed by atoms with E-state index in [-0.39, 0.29) is 11.4 Å². The summed E-state index contributed by atoms with van der Waals surface area (Å²) in [5.74, 6) is 0.771. The molecule has 1 aromatic carbocycles. The van der Waals surface area contributed by atoms with E-state index < -0.39 is 0 Å². The van der Waals surface area contributed by atoms with E-state index in [0.717, 1.165) is 55.9 Å². The third-order valence-electron chi connectivity index (χ3n) is 5.75. The zero-order valence-corrected chi connectivity index (χ0v) is 17.9. The number of hydrogen-bond acceptors (Lipinski definition) is 7. The summed E-state index contributed by atoms with van der Waals surface area (Å²) in [4.78, 5) is 22.1. The molecule has 4 aromatic rings. The van der Waals surface area contributed by atoms with Gasteiger partial charge in [0.2, 0.25) is 0 Å². The predicted molar refractivity (Wildman–Crippen MR) is 119 cm³/mol. The molecule has 5 rings (SSSR count). The Hall–Kier alpha value is -3.13. The molecule has 8 heteroatoms. The van der Waals surface area contributed by atoms with Gasteiger partial charge in [-0.05, 0) is 56.9 Å². The van der Waals surface area contributed by atoms with Crippen molar-refractivity contribution in [1.29, 1.82) is 0 Å². The zero-order valence-electron chi connectivity index (χ0n) is 17.1. The van der Waals surface area contributed by atoms with Crippen LogP contribution in [0.5, 0.6) is 0 Å². The lowest BCUT2D eigenvalue weighted by Crippen LogP contribution is -2.34. The Bertz CT molecular complexity index is 1280. The molecule has 0 aliphatic heterocycles. The lowest BCUT2D eigenvalue weighted by atomic mass is 10.1. The van der Waals surface area contributed by atoms with Crippen LogP contribution in [0.2, 0.25) is 0 Å². The molecule has 0 radical (unpaired) electrons. The minimum atomic E-state index is -0.0127. The monoisotopic (exact) mass is 418 g/mol.